The van der Waals surface area contributed by atoms with Crippen LogP contribution in [0.3, 0.4) is 0 Å². The summed E-state index contributed by atoms with van der Waals surface area (Å²) in [5.41, 5.74) is -0.648. The van der Waals surface area contributed by atoms with Gasteiger partial charge in [-0.1, -0.05) is 15.9 Å². The maximum absolute atomic E-state index is 10.9. The van der Waals surface area contributed by atoms with Crippen molar-refractivity contribution in [2.24, 2.45) is 0 Å². The van der Waals surface area contributed by atoms with E-state index in [1.807, 2.05) is 0 Å². The second kappa shape index (κ2) is 5.58. The molecule has 0 bridgehead atoms. The predicted octanol–water partition coefficient (Wildman–Crippen LogP) is 2.80. The second-order valence-corrected chi connectivity index (χ2v) is 4.57. The Hall–Kier alpha value is -1.96. The summed E-state index contributed by atoms with van der Waals surface area (Å²) in [5.74, 6) is 0. The van der Waals surface area contributed by atoms with Gasteiger partial charge in [0.15, 0.2) is 0 Å². The van der Waals surface area contributed by atoms with E-state index in [1.54, 1.807) is 19.0 Å². The highest BCUT2D eigenvalue weighted by Crippen LogP contribution is 2.33. The van der Waals surface area contributed by atoms with E-state index in [9.17, 15) is 20.2 Å². The molecule has 0 N–H and O–H groups in total. The van der Waals surface area contributed by atoms with Gasteiger partial charge in [0, 0.05) is 30.7 Å². The van der Waals surface area contributed by atoms with Crippen LogP contribution in [0.15, 0.2) is 22.8 Å². The third-order valence-electron chi connectivity index (χ3n) is 2.03. The van der Waals surface area contributed by atoms with Gasteiger partial charge >= 0.3 is 0 Å². The van der Waals surface area contributed by atoms with Crippen LogP contribution >= 0.6 is 15.9 Å². The Morgan fingerprint density at radius 1 is 1.17 bits per heavy atom. The highest BCUT2D eigenvalue weighted by atomic mass is 79.9. The Morgan fingerprint density at radius 3 is 1.94 bits per heavy atom. The average Bonchev–Trinajstić information content (AvgIpc) is 2.25. The molecular weight excluding hydrogens is 306 g/mol. The van der Waals surface area contributed by atoms with Crippen molar-refractivity contribution >= 4 is 33.4 Å². The number of nitrogens with zero attached hydrogens (tertiary/aromatic N) is 3. The van der Waals surface area contributed by atoms with Crippen molar-refractivity contribution in [2.45, 2.75) is 0 Å². The van der Waals surface area contributed by atoms with E-state index in [-0.39, 0.29) is 16.9 Å². The Labute approximate surface area is 111 Å². The van der Waals surface area contributed by atoms with Gasteiger partial charge in [0.1, 0.15) is 5.56 Å². The maximum Gasteiger partial charge on any atom is 0.284 e. The molecule has 0 radical (unpaired) electrons. The zero-order chi connectivity index (χ0) is 13.9. The summed E-state index contributed by atoms with van der Waals surface area (Å²) in [6.45, 7) is 0. The van der Waals surface area contributed by atoms with E-state index in [0.29, 0.717) is 4.47 Å². The highest BCUT2D eigenvalue weighted by Gasteiger charge is 2.24. The lowest BCUT2D eigenvalue weighted by Crippen LogP contribution is -2.02. The minimum absolute atomic E-state index is 0.0260. The Balaban J connectivity index is 3.51. The molecule has 0 saturated carbocycles. The molecular formula is C10H10BrN3O4. The maximum atomic E-state index is 10.9. The van der Waals surface area contributed by atoms with Crippen LogP contribution in [0.2, 0.25) is 0 Å². The van der Waals surface area contributed by atoms with Crippen molar-refractivity contribution in [3.05, 3.63) is 48.6 Å². The number of hydrogen-bond acceptors (Lipinski definition) is 5. The molecule has 0 saturated heterocycles. The van der Waals surface area contributed by atoms with Crippen LogP contribution in [0.25, 0.3) is 6.08 Å². The lowest BCUT2D eigenvalue weighted by molar-refractivity contribution is -0.394. The molecule has 0 heterocycles. The summed E-state index contributed by atoms with van der Waals surface area (Å²) in [6, 6.07) is 2.48. The Bertz CT molecular complexity index is 493. The van der Waals surface area contributed by atoms with Crippen LogP contribution in [0.4, 0.5) is 11.4 Å². The van der Waals surface area contributed by atoms with E-state index < -0.39 is 9.85 Å². The van der Waals surface area contributed by atoms with Gasteiger partial charge in [-0.05, 0) is 12.3 Å². The van der Waals surface area contributed by atoms with Crippen LogP contribution in [0.5, 0.6) is 0 Å². The van der Waals surface area contributed by atoms with E-state index in [1.165, 1.54) is 24.4 Å². The quantitative estimate of drug-likeness (QED) is 0.629. The number of halogens is 1. The number of nitro groups is 2. The van der Waals surface area contributed by atoms with Gasteiger partial charge in [-0.2, -0.15) is 0 Å². The summed E-state index contributed by atoms with van der Waals surface area (Å²) in [6.07, 6.45) is 2.87. The fourth-order valence-corrected chi connectivity index (χ4v) is 1.72. The molecule has 1 aromatic carbocycles. The summed E-state index contributed by atoms with van der Waals surface area (Å²) < 4.78 is 0.294. The highest BCUT2D eigenvalue weighted by molar-refractivity contribution is 9.10. The van der Waals surface area contributed by atoms with Gasteiger partial charge in [-0.25, -0.2) is 0 Å². The molecule has 1 aromatic rings. The van der Waals surface area contributed by atoms with Crippen LogP contribution in [-0.2, 0) is 0 Å². The standard InChI is InChI=1S/C10H10BrN3O4/c1-12(2)4-3-8-9(13(15)16)5-7(11)6-10(8)14(17)18/h3-6H,1-2H3/b4-3+. The first-order valence-electron chi connectivity index (χ1n) is 4.80. The largest absolute Gasteiger partial charge is 0.383 e. The topological polar surface area (TPSA) is 89.5 Å². The van der Waals surface area contributed by atoms with Gasteiger partial charge in [-0.15, -0.1) is 0 Å². The Morgan fingerprint density at radius 2 is 1.61 bits per heavy atom. The summed E-state index contributed by atoms with van der Waals surface area (Å²) in [5, 5.41) is 21.8. The van der Waals surface area contributed by atoms with Crippen molar-refractivity contribution in [3.8, 4) is 0 Å². The number of hydrogen-bond donors (Lipinski definition) is 0. The van der Waals surface area contributed by atoms with Crippen LogP contribution < -0.4 is 0 Å². The molecule has 1 rings (SSSR count). The summed E-state index contributed by atoms with van der Waals surface area (Å²) in [4.78, 5) is 22.2. The van der Waals surface area contributed by atoms with Crippen molar-refractivity contribution < 1.29 is 9.85 Å². The van der Waals surface area contributed by atoms with Gasteiger partial charge < -0.3 is 4.90 Å². The number of rotatable bonds is 4. The van der Waals surface area contributed by atoms with Crippen LogP contribution in [0.1, 0.15) is 5.56 Å². The zero-order valence-electron chi connectivity index (χ0n) is 9.66. The molecule has 0 fully saturated rings. The molecule has 8 heteroatoms. The molecule has 0 atom stereocenters. The monoisotopic (exact) mass is 315 g/mol. The van der Waals surface area contributed by atoms with Gasteiger partial charge in [0.25, 0.3) is 11.4 Å². The van der Waals surface area contributed by atoms with E-state index in [4.69, 9.17) is 0 Å². The molecule has 7 nitrogen and oxygen atoms in total. The fraction of sp³-hybridized carbons (Fsp3) is 0.200. The van der Waals surface area contributed by atoms with Crippen LogP contribution in [-0.4, -0.2) is 28.8 Å². The Kier molecular flexibility index (Phi) is 4.38. The molecule has 96 valence electrons. The van der Waals surface area contributed by atoms with Crippen molar-refractivity contribution in [3.63, 3.8) is 0 Å². The van der Waals surface area contributed by atoms with Gasteiger partial charge in [0.2, 0.25) is 0 Å². The third-order valence-corrected chi connectivity index (χ3v) is 2.49. The SMILES string of the molecule is CN(C)/C=C/c1c([N+](=O)[O-])cc(Br)cc1[N+](=O)[O-]. The van der Waals surface area contributed by atoms with E-state index in [2.05, 4.69) is 15.9 Å². The number of benzene rings is 1. The normalized spacial score (nSPS) is 10.6. The summed E-state index contributed by atoms with van der Waals surface area (Å²) >= 11 is 3.02. The molecule has 0 amide bonds. The molecule has 0 aliphatic heterocycles. The predicted molar refractivity (Wildman–Crippen MR) is 70.2 cm³/mol. The van der Waals surface area contributed by atoms with E-state index in [0.717, 1.165) is 0 Å². The van der Waals surface area contributed by atoms with Gasteiger partial charge in [0.05, 0.1) is 9.85 Å². The van der Waals surface area contributed by atoms with Crippen LogP contribution in [0, 0.1) is 20.2 Å². The minimum atomic E-state index is -0.646. The smallest absolute Gasteiger partial charge is 0.284 e. The fourth-order valence-electron chi connectivity index (χ4n) is 1.29. The molecule has 0 unspecified atom stereocenters. The minimum Gasteiger partial charge on any atom is -0.383 e. The third kappa shape index (κ3) is 3.27. The first-order valence-corrected chi connectivity index (χ1v) is 5.59. The zero-order valence-corrected chi connectivity index (χ0v) is 11.2. The summed E-state index contributed by atoms with van der Waals surface area (Å²) in [7, 11) is 3.43. The van der Waals surface area contributed by atoms with Crippen molar-refractivity contribution in [2.75, 3.05) is 14.1 Å². The lowest BCUT2D eigenvalue weighted by atomic mass is 10.1. The lowest BCUT2D eigenvalue weighted by Gasteiger charge is -2.05. The molecule has 0 spiro atoms. The van der Waals surface area contributed by atoms with Crippen molar-refractivity contribution in [1.29, 1.82) is 0 Å². The van der Waals surface area contributed by atoms with E-state index >= 15 is 0 Å². The molecule has 0 aromatic heterocycles. The molecule has 18 heavy (non-hydrogen) atoms. The van der Waals surface area contributed by atoms with Crippen molar-refractivity contribution in [1.82, 2.24) is 4.90 Å². The first kappa shape index (κ1) is 14.1. The second-order valence-electron chi connectivity index (χ2n) is 3.65. The molecule has 0 aliphatic carbocycles. The van der Waals surface area contributed by atoms with Gasteiger partial charge in [-0.3, -0.25) is 20.2 Å². The average molecular weight is 316 g/mol. The number of nitro benzene ring substituents is 2. The first-order chi connectivity index (χ1) is 8.32. The molecule has 0 aliphatic rings.